The molecule has 3 rings (SSSR count). The van der Waals surface area contributed by atoms with Crippen LogP contribution in [0.5, 0.6) is 5.75 Å². The van der Waals surface area contributed by atoms with Gasteiger partial charge in [-0.15, -0.1) is 0 Å². The fraction of sp³-hybridized carbons (Fsp3) is 0.211. The number of methoxy groups -OCH3 is 1. The van der Waals surface area contributed by atoms with E-state index in [2.05, 4.69) is 5.32 Å². The van der Waals surface area contributed by atoms with Gasteiger partial charge in [0.2, 0.25) is 0 Å². The van der Waals surface area contributed by atoms with Gasteiger partial charge in [-0.1, -0.05) is 12.1 Å². The van der Waals surface area contributed by atoms with Gasteiger partial charge in [0.05, 0.1) is 24.1 Å². The van der Waals surface area contributed by atoms with Crippen LogP contribution < -0.4 is 10.1 Å². The Morgan fingerprint density at radius 3 is 2.43 bits per heavy atom. The highest BCUT2D eigenvalue weighted by atomic mass is 16.6. The molecule has 28 heavy (non-hydrogen) atoms. The summed E-state index contributed by atoms with van der Waals surface area (Å²) in [7, 11) is 1.42. The van der Waals surface area contributed by atoms with E-state index in [4.69, 9.17) is 4.74 Å². The molecule has 0 radical (unpaired) electrons. The summed E-state index contributed by atoms with van der Waals surface area (Å²) in [6.45, 7) is 1.04. The second-order valence-corrected chi connectivity index (χ2v) is 6.37. The molecule has 1 N–H and O–H groups in total. The van der Waals surface area contributed by atoms with Gasteiger partial charge in [0.1, 0.15) is 11.3 Å². The summed E-state index contributed by atoms with van der Waals surface area (Å²) in [4.78, 5) is 49.0. The third-order valence-electron chi connectivity index (χ3n) is 4.64. The molecule has 2 aromatic carbocycles. The number of ether oxygens (including phenoxy) is 1. The monoisotopic (exact) mass is 383 g/mol. The lowest BCUT2D eigenvalue weighted by Crippen LogP contribution is -2.41. The number of nitro benzene ring substituents is 1. The van der Waals surface area contributed by atoms with Crippen LogP contribution in [0.4, 0.5) is 10.5 Å². The lowest BCUT2D eigenvalue weighted by molar-refractivity contribution is -0.384. The first kappa shape index (κ1) is 19.0. The summed E-state index contributed by atoms with van der Waals surface area (Å²) in [6.07, 6.45) is 0. The number of nitrogens with zero attached hydrogens (tertiary/aromatic N) is 2. The van der Waals surface area contributed by atoms with Gasteiger partial charge < -0.3 is 10.1 Å². The molecule has 9 nitrogen and oxygen atoms in total. The van der Waals surface area contributed by atoms with E-state index in [0.717, 1.165) is 4.90 Å². The van der Waals surface area contributed by atoms with E-state index in [1.54, 1.807) is 24.3 Å². The molecular weight excluding hydrogens is 366 g/mol. The smallest absolute Gasteiger partial charge is 0.325 e. The van der Waals surface area contributed by atoms with E-state index in [-0.39, 0.29) is 11.3 Å². The van der Waals surface area contributed by atoms with Crippen molar-refractivity contribution in [2.24, 2.45) is 0 Å². The number of hydrogen-bond donors (Lipinski definition) is 1. The Bertz CT molecular complexity index is 972. The summed E-state index contributed by atoms with van der Waals surface area (Å²) in [5.41, 5.74) is -0.918. The average molecular weight is 383 g/mol. The highest BCUT2D eigenvalue weighted by molar-refractivity contribution is 6.11. The van der Waals surface area contributed by atoms with Crippen LogP contribution in [0.2, 0.25) is 0 Å². The molecule has 1 heterocycles. The first-order chi connectivity index (χ1) is 13.3. The molecule has 3 amide bonds. The Balaban J connectivity index is 1.85. The average Bonchev–Trinajstić information content (AvgIpc) is 2.91. The van der Waals surface area contributed by atoms with Crippen molar-refractivity contribution in [3.8, 4) is 5.75 Å². The number of nitro groups is 1. The predicted molar refractivity (Wildman–Crippen MR) is 98.0 cm³/mol. The maximum absolute atomic E-state index is 12.9. The lowest BCUT2D eigenvalue weighted by atomic mass is 9.92. The molecule has 0 aromatic heterocycles. The largest absolute Gasteiger partial charge is 0.496 e. The summed E-state index contributed by atoms with van der Waals surface area (Å²) in [5.74, 6) is -0.721. The van der Waals surface area contributed by atoms with Crippen LogP contribution in [0, 0.1) is 10.1 Å². The quantitative estimate of drug-likeness (QED) is 0.354. The number of nitrogens with one attached hydrogen (secondary N) is 1. The number of hydrogen-bond acceptors (Lipinski definition) is 6. The van der Waals surface area contributed by atoms with Crippen LogP contribution in [0.3, 0.4) is 0 Å². The van der Waals surface area contributed by atoms with Crippen molar-refractivity contribution in [1.82, 2.24) is 10.2 Å². The standard InChI is InChI=1S/C19H17N3O6/c1-19(12-7-9-13(10-8-12)22(26)27)17(24)21(18(25)20-19)11-15(23)14-5-3-4-6-16(14)28-2/h3-10H,11H2,1-2H3,(H,20,25). The van der Waals surface area contributed by atoms with Crippen molar-refractivity contribution in [2.45, 2.75) is 12.5 Å². The number of benzene rings is 2. The first-order valence-electron chi connectivity index (χ1n) is 8.33. The zero-order chi connectivity index (χ0) is 20.5. The van der Waals surface area contributed by atoms with Crippen LogP contribution in [0.25, 0.3) is 0 Å². The van der Waals surface area contributed by atoms with E-state index in [0.29, 0.717) is 11.3 Å². The molecule has 144 valence electrons. The fourth-order valence-electron chi connectivity index (χ4n) is 3.06. The van der Waals surface area contributed by atoms with E-state index in [1.807, 2.05) is 0 Å². The van der Waals surface area contributed by atoms with Gasteiger partial charge in [-0.05, 0) is 36.8 Å². The van der Waals surface area contributed by atoms with E-state index in [9.17, 15) is 24.5 Å². The number of urea groups is 1. The molecule has 0 aliphatic carbocycles. The minimum Gasteiger partial charge on any atom is -0.496 e. The van der Waals surface area contributed by atoms with Crippen molar-refractivity contribution in [3.63, 3.8) is 0 Å². The molecule has 2 aromatic rings. The van der Waals surface area contributed by atoms with Crippen LogP contribution >= 0.6 is 0 Å². The number of ketones is 1. The number of para-hydroxylation sites is 1. The van der Waals surface area contributed by atoms with Gasteiger partial charge in [-0.2, -0.15) is 0 Å². The highest BCUT2D eigenvalue weighted by Crippen LogP contribution is 2.30. The molecule has 1 saturated heterocycles. The SMILES string of the molecule is COc1ccccc1C(=O)CN1C(=O)NC(C)(c2ccc([N+](=O)[O-])cc2)C1=O. The number of Topliss-reactive ketones (excluding diaryl/α,β-unsaturated/α-hetero) is 1. The summed E-state index contributed by atoms with van der Waals surface area (Å²) in [5, 5.41) is 13.4. The Hall–Kier alpha value is -3.75. The predicted octanol–water partition coefficient (Wildman–Crippen LogP) is 2.25. The number of imide groups is 1. The first-order valence-corrected chi connectivity index (χ1v) is 8.33. The van der Waals surface area contributed by atoms with Crippen LogP contribution in [0.1, 0.15) is 22.8 Å². The van der Waals surface area contributed by atoms with Gasteiger partial charge in [-0.3, -0.25) is 24.6 Å². The van der Waals surface area contributed by atoms with Gasteiger partial charge >= 0.3 is 6.03 Å². The third kappa shape index (κ3) is 3.18. The number of carbonyl (C=O) groups excluding carboxylic acids is 3. The second kappa shape index (κ2) is 7.10. The Kier molecular flexibility index (Phi) is 4.83. The van der Waals surface area contributed by atoms with Crippen molar-refractivity contribution < 1.29 is 24.0 Å². The fourth-order valence-corrected chi connectivity index (χ4v) is 3.06. The molecule has 1 aliphatic rings. The van der Waals surface area contributed by atoms with Crippen molar-refractivity contribution >= 4 is 23.4 Å². The molecule has 0 spiro atoms. The van der Waals surface area contributed by atoms with Crippen LogP contribution in [-0.4, -0.2) is 41.2 Å². The van der Waals surface area contributed by atoms with Crippen LogP contribution in [-0.2, 0) is 10.3 Å². The lowest BCUT2D eigenvalue weighted by Gasteiger charge is -2.22. The summed E-state index contributed by atoms with van der Waals surface area (Å²) >= 11 is 0. The number of amides is 3. The zero-order valence-electron chi connectivity index (χ0n) is 15.2. The molecule has 1 atom stereocenters. The van der Waals surface area contributed by atoms with Gasteiger partial charge in [0.25, 0.3) is 11.6 Å². The maximum Gasteiger partial charge on any atom is 0.325 e. The molecular formula is C19H17N3O6. The van der Waals surface area contributed by atoms with Crippen LogP contribution in [0.15, 0.2) is 48.5 Å². The molecule has 1 aliphatic heterocycles. The Labute approximate surface area is 160 Å². The summed E-state index contributed by atoms with van der Waals surface area (Å²) < 4.78 is 5.15. The molecule has 0 saturated carbocycles. The van der Waals surface area contributed by atoms with Crippen molar-refractivity contribution in [3.05, 3.63) is 69.8 Å². The van der Waals surface area contributed by atoms with Gasteiger partial charge in [0, 0.05) is 12.1 Å². The number of non-ortho nitro benzene ring substituents is 1. The maximum atomic E-state index is 12.9. The molecule has 1 unspecified atom stereocenters. The second-order valence-electron chi connectivity index (χ2n) is 6.37. The molecule has 0 bridgehead atoms. The third-order valence-corrected chi connectivity index (χ3v) is 4.64. The Morgan fingerprint density at radius 1 is 1.18 bits per heavy atom. The zero-order valence-corrected chi connectivity index (χ0v) is 15.2. The van der Waals surface area contributed by atoms with E-state index in [1.165, 1.54) is 38.3 Å². The van der Waals surface area contributed by atoms with E-state index >= 15 is 0 Å². The minimum atomic E-state index is -1.42. The number of carbonyl (C=O) groups is 3. The van der Waals surface area contributed by atoms with Gasteiger partial charge in [-0.25, -0.2) is 4.79 Å². The van der Waals surface area contributed by atoms with Crippen molar-refractivity contribution in [1.29, 1.82) is 0 Å². The van der Waals surface area contributed by atoms with Crippen molar-refractivity contribution in [2.75, 3.05) is 13.7 Å². The molecule has 1 fully saturated rings. The summed E-state index contributed by atoms with van der Waals surface area (Å²) in [6, 6.07) is 11.1. The minimum absolute atomic E-state index is 0.132. The van der Waals surface area contributed by atoms with E-state index < -0.39 is 34.7 Å². The normalized spacial score (nSPS) is 18.7. The Morgan fingerprint density at radius 2 is 1.82 bits per heavy atom. The molecule has 9 heteroatoms. The topological polar surface area (TPSA) is 119 Å². The van der Waals surface area contributed by atoms with Gasteiger partial charge in [0.15, 0.2) is 5.78 Å². The number of rotatable bonds is 6. The highest BCUT2D eigenvalue weighted by Gasteiger charge is 2.49.